The van der Waals surface area contributed by atoms with Gasteiger partial charge in [0.1, 0.15) is 0 Å². The Bertz CT molecular complexity index is 854. The molecular formula is C22H25FN2O2. The third-order valence-electron chi connectivity index (χ3n) is 5.85. The Balaban J connectivity index is 1.55. The number of likely N-dealkylation sites (tertiary alicyclic amines) is 1. The zero-order chi connectivity index (χ0) is 18.9. The summed E-state index contributed by atoms with van der Waals surface area (Å²) in [6.07, 6.45) is 2.62. The van der Waals surface area contributed by atoms with Crippen LogP contribution < -0.4 is 10.1 Å². The van der Waals surface area contributed by atoms with Gasteiger partial charge in [0, 0.05) is 19.6 Å². The Kier molecular flexibility index (Phi) is 4.87. The summed E-state index contributed by atoms with van der Waals surface area (Å²) in [5.41, 5.74) is 2.96. The van der Waals surface area contributed by atoms with Crippen molar-refractivity contribution in [1.82, 2.24) is 10.2 Å². The topological polar surface area (TPSA) is 41.6 Å². The second-order valence-electron chi connectivity index (χ2n) is 7.69. The summed E-state index contributed by atoms with van der Waals surface area (Å²) in [5, 5.41) is 3.13. The molecule has 27 heavy (non-hydrogen) atoms. The van der Waals surface area contributed by atoms with Crippen molar-refractivity contribution >= 4 is 5.91 Å². The van der Waals surface area contributed by atoms with Crippen LogP contribution >= 0.6 is 0 Å². The van der Waals surface area contributed by atoms with Crippen molar-refractivity contribution in [3.05, 3.63) is 65.0 Å². The van der Waals surface area contributed by atoms with Gasteiger partial charge in [-0.25, -0.2) is 4.39 Å². The molecule has 0 bridgehead atoms. The van der Waals surface area contributed by atoms with Crippen LogP contribution in [0.15, 0.2) is 42.5 Å². The SMILES string of the molecule is COc1ccc(CN2CCCC3(Cc4ccccc4CNC3=O)C2)cc1F. The maximum absolute atomic E-state index is 14.0. The van der Waals surface area contributed by atoms with E-state index in [4.69, 9.17) is 4.74 Å². The Hall–Kier alpha value is -2.40. The minimum atomic E-state index is -0.407. The van der Waals surface area contributed by atoms with E-state index >= 15 is 0 Å². The Morgan fingerprint density at radius 3 is 2.81 bits per heavy atom. The standard InChI is InChI=1S/C22H25FN2O2/c1-27-20-8-7-16(11-19(20)23)14-25-10-4-9-22(15-25)12-17-5-2-3-6-18(17)13-24-21(22)26/h2-3,5-8,11H,4,9-10,12-15H2,1H3,(H,24,26). The van der Waals surface area contributed by atoms with Gasteiger partial charge in [-0.05, 0) is 54.6 Å². The fourth-order valence-corrected chi connectivity index (χ4v) is 4.47. The van der Waals surface area contributed by atoms with Crippen LogP contribution in [0.5, 0.6) is 5.75 Å². The summed E-state index contributed by atoms with van der Waals surface area (Å²) in [6.45, 7) is 2.85. The Morgan fingerprint density at radius 2 is 2.04 bits per heavy atom. The third kappa shape index (κ3) is 3.56. The van der Waals surface area contributed by atoms with Crippen molar-refractivity contribution in [3.63, 3.8) is 0 Å². The van der Waals surface area contributed by atoms with Gasteiger partial charge < -0.3 is 10.1 Å². The maximum atomic E-state index is 14.0. The van der Waals surface area contributed by atoms with Crippen molar-refractivity contribution in [2.75, 3.05) is 20.2 Å². The van der Waals surface area contributed by atoms with E-state index in [2.05, 4.69) is 22.3 Å². The number of fused-ring (bicyclic) bond motifs is 1. The number of amides is 1. The molecule has 2 aliphatic rings. The summed E-state index contributed by atoms with van der Waals surface area (Å²) in [5.74, 6) is 0.0563. The molecule has 2 aliphatic heterocycles. The quantitative estimate of drug-likeness (QED) is 0.904. The lowest BCUT2D eigenvalue weighted by Crippen LogP contribution is -2.51. The van der Waals surface area contributed by atoms with Crippen LogP contribution in [0, 0.1) is 11.2 Å². The van der Waals surface area contributed by atoms with E-state index in [0.29, 0.717) is 19.6 Å². The molecule has 1 fully saturated rings. The highest BCUT2D eigenvalue weighted by Crippen LogP contribution is 2.37. The van der Waals surface area contributed by atoms with Crippen LogP contribution in [0.2, 0.25) is 0 Å². The number of halogens is 1. The first-order chi connectivity index (χ1) is 13.1. The molecule has 4 rings (SSSR count). The predicted octanol–water partition coefficient (Wildman–Crippen LogP) is 3.29. The highest BCUT2D eigenvalue weighted by molar-refractivity contribution is 5.84. The lowest BCUT2D eigenvalue weighted by Gasteiger charge is -2.41. The fourth-order valence-electron chi connectivity index (χ4n) is 4.47. The average Bonchev–Trinajstić information content (AvgIpc) is 2.79. The molecule has 0 saturated carbocycles. The van der Waals surface area contributed by atoms with Crippen molar-refractivity contribution in [1.29, 1.82) is 0 Å². The smallest absolute Gasteiger partial charge is 0.228 e. The zero-order valence-electron chi connectivity index (χ0n) is 15.6. The van der Waals surface area contributed by atoms with E-state index in [1.807, 2.05) is 18.2 Å². The van der Waals surface area contributed by atoms with Crippen LogP contribution in [0.25, 0.3) is 0 Å². The number of rotatable bonds is 3. The van der Waals surface area contributed by atoms with Gasteiger partial charge in [0.2, 0.25) is 5.91 Å². The molecule has 1 unspecified atom stereocenters. The van der Waals surface area contributed by atoms with Gasteiger partial charge in [-0.3, -0.25) is 9.69 Å². The number of benzene rings is 2. The van der Waals surface area contributed by atoms with E-state index in [0.717, 1.165) is 31.4 Å². The molecule has 2 aromatic carbocycles. The number of piperidine rings is 1. The second-order valence-corrected chi connectivity index (χ2v) is 7.69. The van der Waals surface area contributed by atoms with Gasteiger partial charge in [-0.15, -0.1) is 0 Å². The van der Waals surface area contributed by atoms with E-state index in [9.17, 15) is 9.18 Å². The number of nitrogens with one attached hydrogen (secondary N) is 1. The molecule has 4 nitrogen and oxygen atoms in total. The lowest BCUT2D eigenvalue weighted by atomic mass is 9.74. The highest BCUT2D eigenvalue weighted by atomic mass is 19.1. The normalized spacial score (nSPS) is 22.8. The molecular weight excluding hydrogens is 343 g/mol. The van der Waals surface area contributed by atoms with Gasteiger partial charge in [0.05, 0.1) is 12.5 Å². The van der Waals surface area contributed by atoms with Crippen molar-refractivity contribution in [3.8, 4) is 5.75 Å². The molecule has 142 valence electrons. The number of carbonyl (C=O) groups is 1. The van der Waals surface area contributed by atoms with Crippen LogP contribution in [0.1, 0.15) is 29.5 Å². The first kappa shape index (κ1) is 18.0. The maximum Gasteiger partial charge on any atom is 0.228 e. The average molecular weight is 368 g/mol. The van der Waals surface area contributed by atoms with E-state index in [1.165, 1.54) is 24.3 Å². The minimum absolute atomic E-state index is 0.143. The minimum Gasteiger partial charge on any atom is -0.494 e. The van der Waals surface area contributed by atoms with E-state index < -0.39 is 5.41 Å². The van der Waals surface area contributed by atoms with Crippen molar-refractivity contribution in [2.45, 2.75) is 32.4 Å². The van der Waals surface area contributed by atoms with Crippen molar-refractivity contribution < 1.29 is 13.9 Å². The van der Waals surface area contributed by atoms with Gasteiger partial charge in [-0.1, -0.05) is 30.3 Å². The Labute approximate surface area is 159 Å². The molecule has 1 saturated heterocycles. The molecule has 1 spiro atoms. The van der Waals surface area contributed by atoms with Gasteiger partial charge in [-0.2, -0.15) is 0 Å². The van der Waals surface area contributed by atoms with Crippen LogP contribution in [-0.2, 0) is 24.3 Å². The molecule has 1 amide bonds. The summed E-state index contributed by atoms with van der Waals surface area (Å²) >= 11 is 0. The molecule has 5 heteroatoms. The summed E-state index contributed by atoms with van der Waals surface area (Å²) in [7, 11) is 1.47. The number of hydrogen-bond acceptors (Lipinski definition) is 3. The molecule has 2 aromatic rings. The summed E-state index contributed by atoms with van der Waals surface area (Å²) in [4.78, 5) is 15.3. The largest absolute Gasteiger partial charge is 0.494 e. The van der Waals surface area contributed by atoms with Crippen LogP contribution in [0.4, 0.5) is 4.39 Å². The number of hydrogen-bond donors (Lipinski definition) is 1. The molecule has 0 radical (unpaired) electrons. The van der Waals surface area contributed by atoms with Crippen LogP contribution in [-0.4, -0.2) is 31.0 Å². The fraction of sp³-hybridized carbons (Fsp3) is 0.409. The van der Waals surface area contributed by atoms with Gasteiger partial charge >= 0.3 is 0 Å². The number of ether oxygens (including phenoxy) is 1. The third-order valence-corrected chi connectivity index (χ3v) is 5.85. The van der Waals surface area contributed by atoms with Crippen LogP contribution in [0.3, 0.4) is 0 Å². The van der Waals surface area contributed by atoms with Gasteiger partial charge in [0.25, 0.3) is 0 Å². The monoisotopic (exact) mass is 368 g/mol. The van der Waals surface area contributed by atoms with E-state index in [-0.39, 0.29) is 17.5 Å². The Morgan fingerprint density at radius 1 is 1.22 bits per heavy atom. The molecule has 0 aromatic heterocycles. The second kappa shape index (κ2) is 7.31. The molecule has 1 atom stereocenters. The summed E-state index contributed by atoms with van der Waals surface area (Å²) in [6, 6.07) is 13.4. The molecule has 0 aliphatic carbocycles. The molecule has 1 N–H and O–H groups in total. The summed E-state index contributed by atoms with van der Waals surface area (Å²) < 4.78 is 19.0. The predicted molar refractivity (Wildman–Crippen MR) is 102 cm³/mol. The lowest BCUT2D eigenvalue weighted by molar-refractivity contribution is -0.134. The molecule has 2 heterocycles. The number of carbonyl (C=O) groups excluding carboxylic acids is 1. The number of methoxy groups -OCH3 is 1. The first-order valence-electron chi connectivity index (χ1n) is 9.49. The highest BCUT2D eigenvalue weighted by Gasteiger charge is 2.43. The number of nitrogens with zero attached hydrogens (tertiary/aromatic N) is 1. The van der Waals surface area contributed by atoms with E-state index in [1.54, 1.807) is 6.07 Å². The first-order valence-corrected chi connectivity index (χ1v) is 9.49. The van der Waals surface area contributed by atoms with Gasteiger partial charge in [0.15, 0.2) is 11.6 Å². The zero-order valence-corrected chi connectivity index (χ0v) is 15.6. The van der Waals surface area contributed by atoms with Crippen molar-refractivity contribution in [2.24, 2.45) is 5.41 Å².